The molecule has 0 saturated heterocycles. The van der Waals surface area contributed by atoms with Gasteiger partial charge in [-0.1, -0.05) is 13.0 Å². The minimum atomic E-state index is -0.932. The van der Waals surface area contributed by atoms with E-state index in [4.69, 9.17) is 0 Å². The molecule has 0 saturated carbocycles. The van der Waals surface area contributed by atoms with Crippen molar-refractivity contribution in [3.8, 4) is 0 Å². The van der Waals surface area contributed by atoms with Crippen molar-refractivity contribution in [1.29, 1.82) is 0 Å². The van der Waals surface area contributed by atoms with E-state index >= 15 is 0 Å². The molecule has 3 amide bonds. The van der Waals surface area contributed by atoms with Crippen LogP contribution in [0.5, 0.6) is 0 Å². The van der Waals surface area contributed by atoms with Crippen molar-refractivity contribution < 1.29 is 14.4 Å². The van der Waals surface area contributed by atoms with Gasteiger partial charge in [-0.15, -0.1) is 0 Å². The van der Waals surface area contributed by atoms with Crippen LogP contribution in [0.15, 0.2) is 29.5 Å². The highest BCUT2D eigenvalue weighted by molar-refractivity contribution is 6.39. The summed E-state index contributed by atoms with van der Waals surface area (Å²) in [7, 11) is 0. The van der Waals surface area contributed by atoms with E-state index in [2.05, 4.69) is 26.1 Å². The van der Waals surface area contributed by atoms with Gasteiger partial charge >= 0.3 is 11.8 Å². The van der Waals surface area contributed by atoms with Gasteiger partial charge in [0.25, 0.3) is 0 Å². The summed E-state index contributed by atoms with van der Waals surface area (Å²) >= 11 is 0. The number of hydrogen-bond acceptors (Lipinski definition) is 5. The SMILES string of the molecule is CCCNC(=O)C/C(C)=N/NC(=O)C(=O)Nc1ccccn1. The minimum Gasteiger partial charge on any atom is -0.356 e. The van der Waals surface area contributed by atoms with Gasteiger partial charge in [-0.25, -0.2) is 10.4 Å². The van der Waals surface area contributed by atoms with Gasteiger partial charge in [0, 0.05) is 18.5 Å². The average molecular weight is 305 g/mol. The fourth-order valence-corrected chi connectivity index (χ4v) is 1.41. The number of hydrogen-bond donors (Lipinski definition) is 3. The standard InChI is InChI=1S/C14H19N5O3/c1-3-7-16-12(20)9-10(2)18-19-14(22)13(21)17-11-6-4-5-8-15-11/h4-6,8H,3,7,9H2,1-2H3,(H,16,20)(H,19,22)(H,15,17,21)/b18-10+. The zero-order chi connectivity index (χ0) is 16.4. The molecule has 0 aliphatic rings. The zero-order valence-corrected chi connectivity index (χ0v) is 12.5. The predicted octanol–water partition coefficient (Wildman–Crippen LogP) is 0.428. The second-order valence-corrected chi connectivity index (χ2v) is 4.48. The number of nitrogens with one attached hydrogen (secondary N) is 3. The topological polar surface area (TPSA) is 113 Å². The molecule has 1 aromatic rings. The molecule has 1 aromatic heterocycles. The molecule has 0 spiro atoms. The lowest BCUT2D eigenvalue weighted by molar-refractivity contribution is -0.136. The summed E-state index contributed by atoms with van der Waals surface area (Å²) in [5.41, 5.74) is 2.49. The van der Waals surface area contributed by atoms with Crippen molar-refractivity contribution in [1.82, 2.24) is 15.7 Å². The molecule has 1 rings (SSSR count). The van der Waals surface area contributed by atoms with Crippen molar-refractivity contribution in [2.75, 3.05) is 11.9 Å². The molecule has 3 N–H and O–H groups in total. The van der Waals surface area contributed by atoms with Crippen LogP contribution in [0.1, 0.15) is 26.7 Å². The largest absolute Gasteiger partial charge is 0.356 e. The molecule has 0 atom stereocenters. The molecule has 0 fully saturated rings. The first kappa shape index (κ1) is 17.3. The first-order valence-electron chi connectivity index (χ1n) is 6.85. The third-order valence-corrected chi connectivity index (χ3v) is 2.45. The number of carbonyl (C=O) groups excluding carboxylic acids is 3. The highest BCUT2D eigenvalue weighted by Crippen LogP contribution is 1.99. The van der Waals surface area contributed by atoms with Crippen molar-refractivity contribution in [3.05, 3.63) is 24.4 Å². The number of nitrogens with zero attached hydrogens (tertiary/aromatic N) is 2. The summed E-state index contributed by atoms with van der Waals surface area (Å²) in [6, 6.07) is 4.92. The number of anilines is 1. The fraction of sp³-hybridized carbons (Fsp3) is 0.357. The maximum Gasteiger partial charge on any atom is 0.329 e. The first-order chi connectivity index (χ1) is 10.5. The number of amides is 3. The van der Waals surface area contributed by atoms with Crippen LogP contribution >= 0.6 is 0 Å². The van der Waals surface area contributed by atoms with Crippen LogP contribution in [-0.4, -0.2) is 35.0 Å². The lowest BCUT2D eigenvalue weighted by Gasteiger charge is -2.04. The third kappa shape index (κ3) is 6.60. The van der Waals surface area contributed by atoms with Crippen LogP contribution in [0.25, 0.3) is 0 Å². The summed E-state index contributed by atoms with van der Waals surface area (Å²) in [5.74, 6) is -1.73. The second kappa shape index (κ2) is 9.22. The van der Waals surface area contributed by atoms with Crippen molar-refractivity contribution in [3.63, 3.8) is 0 Å². The van der Waals surface area contributed by atoms with Crippen LogP contribution in [0.3, 0.4) is 0 Å². The Morgan fingerprint density at radius 3 is 2.64 bits per heavy atom. The zero-order valence-electron chi connectivity index (χ0n) is 12.5. The monoisotopic (exact) mass is 305 g/mol. The van der Waals surface area contributed by atoms with Gasteiger partial charge in [-0.05, 0) is 25.5 Å². The Morgan fingerprint density at radius 1 is 1.23 bits per heavy atom. The van der Waals surface area contributed by atoms with Gasteiger partial charge in [0.1, 0.15) is 5.82 Å². The van der Waals surface area contributed by atoms with Gasteiger partial charge in [0.15, 0.2) is 0 Å². The molecule has 8 heteroatoms. The molecule has 118 valence electrons. The summed E-state index contributed by atoms with van der Waals surface area (Å²) in [4.78, 5) is 38.4. The van der Waals surface area contributed by atoms with Crippen LogP contribution < -0.4 is 16.1 Å². The third-order valence-electron chi connectivity index (χ3n) is 2.45. The molecule has 0 aromatic carbocycles. The first-order valence-corrected chi connectivity index (χ1v) is 6.85. The van der Waals surface area contributed by atoms with Gasteiger partial charge in [-0.3, -0.25) is 14.4 Å². The molecule has 0 aliphatic carbocycles. The van der Waals surface area contributed by atoms with E-state index in [1.807, 2.05) is 6.92 Å². The average Bonchev–Trinajstić information content (AvgIpc) is 2.51. The smallest absolute Gasteiger partial charge is 0.329 e. The Labute approximate surface area is 128 Å². The molecule has 0 unspecified atom stereocenters. The molecule has 1 heterocycles. The highest BCUT2D eigenvalue weighted by atomic mass is 16.2. The molecule has 8 nitrogen and oxygen atoms in total. The Bertz CT molecular complexity index is 557. The highest BCUT2D eigenvalue weighted by Gasteiger charge is 2.13. The number of carbonyl (C=O) groups is 3. The fourth-order valence-electron chi connectivity index (χ4n) is 1.41. The van der Waals surface area contributed by atoms with E-state index in [1.165, 1.54) is 6.20 Å². The van der Waals surface area contributed by atoms with E-state index in [9.17, 15) is 14.4 Å². The summed E-state index contributed by atoms with van der Waals surface area (Å²) in [6.07, 6.45) is 2.39. The van der Waals surface area contributed by atoms with Crippen molar-refractivity contribution in [2.45, 2.75) is 26.7 Å². The molecular formula is C14H19N5O3. The van der Waals surface area contributed by atoms with E-state index in [0.717, 1.165) is 6.42 Å². The predicted molar refractivity (Wildman–Crippen MR) is 82.0 cm³/mol. The minimum absolute atomic E-state index is 0.0577. The van der Waals surface area contributed by atoms with E-state index in [0.29, 0.717) is 12.3 Å². The molecule has 0 radical (unpaired) electrons. The quantitative estimate of drug-likeness (QED) is 0.402. The van der Waals surface area contributed by atoms with Gasteiger partial charge < -0.3 is 10.6 Å². The summed E-state index contributed by atoms with van der Waals surface area (Å²) in [6.45, 7) is 4.12. The van der Waals surface area contributed by atoms with Crippen molar-refractivity contribution in [2.24, 2.45) is 5.10 Å². The molecule has 0 aliphatic heterocycles. The Morgan fingerprint density at radius 2 is 2.00 bits per heavy atom. The van der Waals surface area contributed by atoms with Crippen LogP contribution in [0, 0.1) is 0 Å². The van der Waals surface area contributed by atoms with Gasteiger partial charge in [-0.2, -0.15) is 5.10 Å². The maximum atomic E-state index is 11.6. The Kier molecular flexibility index (Phi) is 7.24. The van der Waals surface area contributed by atoms with Crippen molar-refractivity contribution >= 4 is 29.3 Å². The number of hydrazone groups is 1. The Balaban J connectivity index is 2.42. The number of rotatable bonds is 6. The molecule has 22 heavy (non-hydrogen) atoms. The van der Waals surface area contributed by atoms with Crippen LogP contribution in [-0.2, 0) is 14.4 Å². The van der Waals surface area contributed by atoms with Gasteiger partial charge in [0.05, 0.1) is 6.42 Å². The lowest BCUT2D eigenvalue weighted by Crippen LogP contribution is -2.33. The number of aromatic nitrogens is 1. The molecule has 0 bridgehead atoms. The Hall–Kier alpha value is -2.77. The van der Waals surface area contributed by atoms with Crippen LogP contribution in [0.2, 0.25) is 0 Å². The second-order valence-electron chi connectivity index (χ2n) is 4.48. The normalized spacial score (nSPS) is 10.7. The van der Waals surface area contributed by atoms with E-state index in [1.54, 1.807) is 25.1 Å². The van der Waals surface area contributed by atoms with E-state index < -0.39 is 11.8 Å². The summed E-state index contributed by atoms with van der Waals surface area (Å²) in [5, 5.41) is 8.72. The van der Waals surface area contributed by atoms with E-state index in [-0.39, 0.29) is 18.1 Å². The maximum absolute atomic E-state index is 11.6. The lowest BCUT2D eigenvalue weighted by atomic mass is 10.3. The molecular weight excluding hydrogens is 286 g/mol. The van der Waals surface area contributed by atoms with Crippen LogP contribution in [0.4, 0.5) is 5.82 Å². The van der Waals surface area contributed by atoms with Gasteiger partial charge in [0.2, 0.25) is 5.91 Å². The summed E-state index contributed by atoms with van der Waals surface area (Å²) < 4.78 is 0. The number of pyridine rings is 1.